The summed E-state index contributed by atoms with van der Waals surface area (Å²) in [6, 6.07) is 8.40. The minimum atomic E-state index is -0.472. The highest BCUT2D eigenvalue weighted by molar-refractivity contribution is 5.26. The highest BCUT2D eigenvalue weighted by Gasteiger charge is 2.16. The third-order valence-electron chi connectivity index (χ3n) is 3.83. The first-order chi connectivity index (χ1) is 10.3. The normalized spacial score (nSPS) is 19.8. The van der Waals surface area contributed by atoms with Gasteiger partial charge in [-0.25, -0.2) is 0 Å². The molecular weight excluding hydrogens is 266 g/mol. The lowest BCUT2D eigenvalue weighted by Crippen LogP contribution is -2.31. The minimum absolute atomic E-state index is 0.224. The molecule has 0 radical (unpaired) electrons. The summed E-state index contributed by atoms with van der Waals surface area (Å²) >= 11 is 0. The van der Waals surface area contributed by atoms with Gasteiger partial charge in [0.05, 0.1) is 25.4 Å². The maximum absolute atomic E-state index is 9.90. The zero-order valence-electron chi connectivity index (χ0n) is 12.9. The minimum Gasteiger partial charge on any atom is -0.389 e. The van der Waals surface area contributed by atoms with Crippen molar-refractivity contribution in [2.24, 2.45) is 0 Å². The summed E-state index contributed by atoms with van der Waals surface area (Å²) < 4.78 is 11.0. The first-order valence-corrected chi connectivity index (χ1v) is 7.94. The Bertz CT molecular complexity index is 405. The van der Waals surface area contributed by atoms with Crippen LogP contribution in [0.5, 0.6) is 0 Å². The van der Waals surface area contributed by atoms with Gasteiger partial charge >= 0.3 is 0 Å². The van der Waals surface area contributed by atoms with Crippen molar-refractivity contribution >= 4 is 0 Å². The van der Waals surface area contributed by atoms with E-state index >= 15 is 0 Å². The van der Waals surface area contributed by atoms with E-state index in [4.69, 9.17) is 9.47 Å². The van der Waals surface area contributed by atoms with Gasteiger partial charge in [0.1, 0.15) is 0 Å². The number of rotatable bonds is 9. The Hall–Kier alpha value is -0.940. The fourth-order valence-electron chi connectivity index (χ4n) is 2.62. The van der Waals surface area contributed by atoms with E-state index in [2.05, 4.69) is 36.5 Å². The predicted molar refractivity (Wildman–Crippen MR) is 83.3 cm³/mol. The Morgan fingerprint density at radius 3 is 2.90 bits per heavy atom. The second-order valence-electron chi connectivity index (χ2n) is 5.58. The summed E-state index contributed by atoms with van der Waals surface area (Å²) in [4.78, 5) is 0. The van der Waals surface area contributed by atoms with Gasteiger partial charge in [0.15, 0.2) is 0 Å². The molecule has 0 amide bonds. The zero-order valence-corrected chi connectivity index (χ0v) is 12.9. The van der Waals surface area contributed by atoms with Crippen molar-refractivity contribution in [3.63, 3.8) is 0 Å². The van der Waals surface area contributed by atoms with Crippen LogP contribution in [0, 0.1) is 0 Å². The molecular formula is C17H27NO3. The lowest BCUT2D eigenvalue weighted by molar-refractivity contribution is -0.0164. The molecule has 2 N–H and O–H groups in total. The molecule has 1 heterocycles. The van der Waals surface area contributed by atoms with Gasteiger partial charge < -0.3 is 19.9 Å². The van der Waals surface area contributed by atoms with Crippen molar-refractivity contribution in [3.05, 3.63) is 35.4 Å². The number of benzene rings is 1. The van der Waals surface area contributed by atoms with E-state index in [0.29, 0.717) is 19.8 Å². The summed E-state index contributed by atoms with van der Waals surface area (Å²) in [5.74, 6) is 0. The van der Waals surface area contributed by atoms with Crippen LogP contribution < -0.4 is 5.32 Å². The molecule has 0 spiro atoms. The number of hydrogen-bond donors (Lipinski definition) is 2. The predicted octanol–water partition coefficient (Wildman–Crippen LogP) is 1.90. The Morgan fingerprint density at radius 1 is 1.38 bits per heavy atom. The summed E-state index contributed by atoms with van der Waals surface area (Å²) in [6.07, 6.45) is 2.98. The number of aryl methyl sites for hydroxylation is 1. The van der Waals surface area contributed by atoms with Crippen molar-refractivity contribution in [2.45, 2.75) is 44.9 Å². The molecule has 2 unspecified atom stereocenters. The van der Waals surface area contributed by atoms with Gasteiger partial charge in [-0.1, -0.05) is 31.2 Å². The second-order valence-corrected chi connectivity index (χ2v) is 5.58. The Kier molecular flexibility index (Phi) is 7.16. The third kappa shape index (κ3) is 5.75. The number of nitrogens with one attached hydrogen (secondary N) is 1. The molecule has 4 nitrogen and oxygen atoms in total. The molecule has 1 fully saturated rings. The Morgan fingerprint density at radius 2 is 2.19 bits per heavy atom. The van der Waals surface area contributed by atoms with E-state index in [-0.39, 0.29) is 6.10 Å². The number of aliphatic hydroxyl groups excluding tert-OH is 1. The molecule has 0 saturated carbocycles. The molecule has 1 aliphatic rings. The fraction of sp³-hybridized carbons (Fsp3) is 0.647. The van der Waals surface area contributed by atoms with Crippen molar-refractivity contribution in [1.29, 1.82) is 0 Å². The van der Waals surface area contributed by atoms with Gasteiger partial charge in [-0.2, -0.15) is 0 Å². The summed E-state index contributed by atoms with van der Waals surface area (Å²) in [7, 11) is 0. The number of ether oxygens (including phenoxy) is 2. The zero-order chi connectivity index (χ0) is 14.9. The Labute approximate surface area is 127 Å². The number of aliphatic hydroxyl groups is 1. The standard InChI is InChI=1S/C17H27NO3/c1-2-14-6-3-4-7-15(14)10-18-11-16(19)12-20-13-17-8-5-9-21-17/h3-4,6-7,16-19H,2,5,8-13H2,1H3. The maximum atomic E-state index is 9.90. The average molecular weight is 293 g/mol. The van der Waals surface area contributed by atoms with E-state index in [0.717, 1.165) is 32.4 Å². The molecule has 118 valence electrons. The van der Waals surface area contributed by atoms with Crippen LogP contribution in [0.2, 0.25) is 0 Å². The lowest BCUT2D eigenvalue weighted by atomic mass is 10.1. The van der Waals surface area contributed by atoms with E-state index in [1.165, 1.54) is 11.1 Å². The van der Waals surface area contributed by atoms with Gasteiger partial charge in [-0.3, -0.25) is 0 Å². The van der Waals surface area contributed by atoms with Gasteiger partial charge in [0.2, 0.25) is 0 Å². The van der Waals surface area contributed by atoms with Crippen molar-refractivity contribution < 1.29 is 14.6 Å². The first-order valence-electron chi connectivity index (χ1n) is 7.94. The molecule has 1 aromatic carbocycles. The largest absolute Gasteiger partial charge is 0.389 e. The van der Waals surface area contributed by atoms with Gasteiger partial charge in [0.25, 0.3) is 0 Å². The van der Waals surface area contributed by atoms with Crippen LogP contribution in [0.15, 0.2) is 24.3 Å². The third-order valence-corrected chi connectivity index (χ3v) is 3.83. The SMILES string of the molecule is CCc1ccccc1CNCC(O)COCC1CCCO1. The van der Waals surface area contributed by atoms with E-state index in [1.54, 1.807) is 0 Å². The van der Waals surface area contributed by atoms with Crippen molar-refractivity contribution in [3.8, 4) is 0 Å². The molecule has 0 bridgehead atoms. The highest BCUT2D eigenvalue weighted by atomic mass is 16.5. The van der Waals surface area contributed by atoms with E-state index in [1.807, 2.05) is 0 Å². The fourth-order valence-corrected chi connectivity index (χ4v) is 2.62. The van der Waals surface area contributed by atoms with Crippen LogP contribution in [0.25, 0.3) is 0 Å². The molecule has 2 atom stereocenters. The molecule has 21 heavy (non-hydrogen) atoms. The molecule has 0 aliphatic carbocycles. The van der Waals surface area contributed by atoms with Crippen LogP contribution in [0.1, 0.15) is 30.9 Å². The van der Waals surface area contributed by atoms with Gasteiger partial charge in [0, 0.05) is 19.7 Å². The van der Waals surface area contributed by atoms with Gasteiger partial charge in [-0.05, 0) is 30.4 Å². The molecule has 1 aromatic rings. The lowest BCUT2D eigenvalue weighted by Gasteiger charge is -2.15. The maximum Gasteiger partial charge on any atom is 0.0897 e. The molecule has 1 aliphatic heterocycles. The summed E-state index contributed by atoms with van der Waals surface area (Å²) in [5, 5.41) is 13.2. The van der Waals surface area contributed by atoms with Crippen LogP contribution in [0.4, 0.5) is 0 Å². The summed E-state index contributed by atoms with van der Waals surface area (Å²) in [5.41, 5.74) is 2.65. The first kappa shape index (κ1) is 16.4. The van der Waals surface area contributed by atoms with Crippen LogP contribution >= 0.6 is 0 Å². The quantitative estimate of drug-likeness (QED) is 0.730. The highest BCUT2D eigenvalue weighted by Crippen LogP contribution is 2.12. The molecule has 2 rings (SSSR count). The smallest absolute Gasteiger partial charge is 0.0897 e. The van der Waals surface area contributed by atoms with Crippen LogP contribution in [-0.4, -0.2) is 43.7 Å². The van der Waals surface area contributed by atoms with Crippen LogP contribution in [-0.2, 0) is 22.4 Å². The van der Waals surface area contributed by atoms with Crippen LogP contribution in [0.3, 0.4) is 0 Å². The van der Waals surface area contributed by atoms with E-state index in [9.17, 15) is 5.11 Å². The number of hydrogen-bond acceptors (Lipinski definition) is 4. The molecule has 1 saturated heterocycles. The van der Waals surface area contributed by atoms with Gasteiger partial charge in [-0.15, -0.1) is 0 Å². The Balaban J connectivity index is 1.59. The summed E-state index contributed by atoms with van der Waals surface area (Å²) in [6.45, 7) is 5.29. The molecule has 0 aromatic heterocycles. The monoisotopic (exact) mass is 293 g/mol. The van der Waals surface area contributed by atoms with E-state index < -0.39 is 6.10 Å². The van der Waals surface area contributed by atoms with Crippen molar-refractivity contribution in [2.75, 3.05) is 26.4 Å². The topological polar surface area (TPSA) is 50.7 Å². The molecule has 4 heteroatoms. The average Bonchev–Trinajstić information content (AvgIpc) is 3.01. The van der Waals surface area contributed by atoms with Crippen molar-refractivity contribution in [1.82, 2.24) is 5.32 Å². The second kappa shape index (κ2) is 9.15.